The number of halogens is 2. The Morgan fingerprint density at radius 3 is 2.20 bits per heavy atom. The first-order valence-electron chi connectivity index (χ1n) is 11.7. The number of hydrogen-bond donors (Lipinski definition) is 3. The van der Waals surface area contributed by atoms with Crippen molar-refractivity contribution in [1.82, 2.24) is 20.7 Å². The van der Waals surface area contributed by atoms with Gasteiger partial charge in [-0.15, -0.1) is 0 Å². The van der Waals surface area contributed by atoms with Crippen LogP contribution in [-0.4, -0.2) is 40.5 Å². The van der Waals surface area contributed by atoms with Crippen LogP contribution >= 0.6 is 11.6 Å². The van der Waals surface area contributed by atoms with Crippen molar-refractivity contribution in [2.24, 2.45) is 0 Å². The normalized spacial score (nSPS) is 12.1. The molecule has 0 saturated heterocycles. The van der Waals surface area contributed by atoms with E-state index in [1.807, 2.05) is 54.1 Å². The van der Waals surface area contributed by atoms with Crippen LogP contribution in [0.15, 0.2) is 104 Å². The molecule has 3 N–H and O–H groups in total. The zero-order chi connectivity index (χ0) is 28.5. The molecule has 0 spiro atoms. The van der Waals surface area contributed by atoms with Gasteiger partial charge in [-0.05, 0) is 17.7 Å². The van der Waals surface area contributed by atoms with E-state index in [4.69, 9.17) is 15.4 Å². The number of nitrogens with one attached hydrogen (secondary N) is 2. The molecule has 0 aliphatic rings. The average molecular weight is 625 g/mol. The van der Waals surface area contributed by atoms with Gasteiger partial charge in [0.25, 0.3) is 0 Å². The summed E-state index contributed by atoms with van der Waals surface area (Å²) in [6.45, 7) is 1.16. The molecular formula is C28H23AsClFN4O5. The summed E-state index contributed by atoms with van der Waals surface area (Å²) in [5.74, 6) is -1.19. The molecule has 9 nitrogen and oxygen atoms in total. The summed E-state index contributed by atoms with van der Waals surface area (Å²) in [4.78, 5) is 15.1. The summed E-state index contributed by atoms with van der Waals surface area (Å²) in [7, 11) is 0. The van der Waals surface area contributed by atoms with Gasteiger partial charge in [-0.1, -0.05) is 0 Å². The number of carbonyl (C=O) groups excluding carboxylic acids is 1. The minimum absolute atomic E-state index is 0.0381. The fourth-order valence-electron chi connectivity index (χ4n) is 3.60. The summed E-state index contributed by atoms with van der Waals surface area (Å²) in [5.41, 5.74) is 6.69. The third-order valence-corrected chi connectivity index (χ3v) is 8.83. The molecule has 12 heteroatoms. The largest absolute Gasteiger partial charge is 0.285 e. The summed E-state index contributed by atoms with van der Waals surface area (Å²) >= 11 is 0.844. The molecule has 1 amide bonds. The SMILES string of the molecule is CC(=O)NO[As](=O)(OO)c1cc(-c2ccccc2)cc(-c2ccc(F)c(Cl)c2)c1.c1cc(-c2cn[nH]c2)ccn1. The van der Waals surface area contributed by atoms with Crippen LogP contribution in [0.3, 0.4) is 0 Å². The van der Waals surface area contributed by atoms with Gasteiger partial charge < -0.3 is 0 Å². The number of carbonyl (C=O) groups is 1. The van der Waals surface area contributed by atoms with Gasteiger partial charge in [0.2, 0.25) is 0 Å². The van der Waals surface area contributed by atoms with E-state index in [2.05, 4.69) is 19.1 Å². The number of hydrogen-bond acceptors (Lipinski definition) is 7. The van der Waals surface area contributed by atoms with Crippen molar-refractivity contribution in [3.05, 3.63) is 114 Å². The molecule has 0 aliphatic heterocycles. The molecule has 1 atom stereocenters. The number of amides is 1. The van der Waals surface area contributed by atoms with E-state index < -0.39 is 25.9 Å². The topological polar surface area (TPSA) is 126 Å². The van der Waals surface area contributed by atoms with E-state index in [0.717, 1.165) is 23.6 Å². The van der Waals surface area contributed by atoms with E-state index in [1.165, 1.54) is 30.3 Å². The molecular weight excluding hydrogens is 602 g/mol. The number of benzene rings is 3. The molecule has 0 saturated carbocycles. The zero-order valence-corrected chi connectivity index (χ0v) is 23.6. The van der Waals surface area contributed by atoms with E-state index >= 15 is 0 Å². The number of rotatable bonds is 7. The Bertz CT molecular complexity index is 1620. The van der Waals surface area contributed by atoms with Crippen molar-refractivity contribution < 1.29 is 25.9 Å². The summed E-state index contributed by atoms with van der Waals surface area (Å²) in [6, 6.07) is 22.0. The molecule has 3 aromatic carbocycles. The molecule has 1 unspecified atom stereocenters. The molecule has 5 aromatic rings. The predicted octanol–water partition coefficient (Wildman–Crippen LogP) is 5.42. The average Bonchev–Trinajstić information content (AvgIpc) is 3.54. The maximum atomic E-state index is 13.6. The molecule has 2 heterocycles. The monoisotopic (exact) mass is 624 g/mol. The first-order valence-corrected chi connectivity index (χ1v) is 15.3. The molecule has 0 radical (unpaired) electrons. The molecule has 2 aromatic heterocycles. The van der Waals surface area contributed by atoms with Crippen molar-refractivity contribution in [2.45, 2.75) is 6.92 Å². The number of aromatic nitrogens is 3. The third kappa shape index (κ3) is 7.32. The first kappa shape index (κ1) is 28.9. The van der Waals surface area contributed by atoms with Crippen molar-refractivity contribution >= 4 is 36.0 Å². The smallest absolute Gasteiger partial charge is 0.0565 e. The van der Waals surface area contributed by atoms with Crippen LogP contribution in [0.2, 0.25) is 5.02 Å². The molecule has 0 aliphatic carbocycles. The molecule has 5 rings (SSSR count). The second kappa shape index (κ2) is 13.3. The van der Waals surface area contributed by atoms with Crippen LogP contribution in [-0.2, 0) is 16.2 Å². The Balaban J connectivity index is 0.000000278. The zero-order valence-electron chi connectivity index (χ0n) is 21.0. The van der Waals surface area contributed by atoms with Crippen LogP contribution in [0.4, 0.5) is 4.39 Å². The molecule has 0 bridgehead atoms. The maximum absolute atomic E-state index is 13.6. The number of H-pyrrole nitrogens is 1. The van der Waals surface area contributed by atoms with Crippen LogP contribution in [0.1, 0.15) is 6.92 Å². The number of hydroxylamine groups is 1. The molecule has 0 fully saturated rings. The third-order valence-electron chi connectivity index (χ3n) is 5.52. The Labute approximate surface area is 236 Å². The van der Waals surface area contributed by atoms with Gasteiger partial charge in [-0.3, -0.25) is 10.1 Å². The van der Waals surface area contributed by atoms with Crippen LogP contribution < -0.4 is 9.83 Å². The second-order valence-electron chi connectivity index (χ2n) is 8.31. The van der Waals surface area contributed by atoms with Gasteiger partial charge in [-0.25, -0.2) is 0 Å². The van der Waals surface area contributed by atoms with Crippen molar-refractivity contribution in [3.63, 3.8) is 0 Å². The van der Waals surface area contributed by atoms with Gasteiger partial charge in [0.15, 0.2) is 0 Å². The quantitative estimate of drug-likeness (QED) is 0.125. The fraction of sp³-hybridized carbons (Fsp3) is 0.0357. The van der Waals surface area contributed by atoms with Gasteiger partial charge in [0.05, 0.1) is 6.20 Å². The van der Waals surface area contributed by atoms with Gasteiger partial charge in [0.1, 0.15) is 0 Å². The summed E-state index contributed by atoms with van der Waals surface area (Å²) in [5, 5.41) is 15.8. The van der Waals surface area contributed by atoms with E-state index in [0.29, 0.717) is 16.7 Å². The first-order chi connectivity index (χ1) is 19.3. The van der Waals surface area contributed by atoms with E-state index in [1.54, 1.807) is 24.7 Å². The van der Waals surface area contributed by atoms with Crippen molar-refractivity contribution in [2.75, 3.05) is 0 Å². The predicted molar refractivity (Wildman–Crippen MR) is 149 cm³/mol. The van der Waals surface area contributed by atoms with Gasteiger partial charge >= 0.3 is 174 Å². The molecule has 40 heavy (non-hydrogen) atoms. The van der Waals surface area contributed by atoms with Crippen molar-refractivity contribution in [3.8, 4) is 33.4 Å². The summed E-state index contributed by atoms with van der Waals surface area (Å²) < 4.78 is 35.8. The Morgan fingerprint density at radius 2 is 1.60 bits per heavy atom. The summed E-state index contributed by atoms with van der Waals surface area (Å²) in [6.07, 6.45) is 7.18. The Hall–Kier alpha value is -4.05. The Morgan fingerprint density at radius 1 is 0.925 bits per heavy atom. The van der Waals surface area contributed by atoms with Gasteiger partial charge in [-0.2, -0.15) is 5.10 Å². The molecule has 204 valence electrons. The maximum Gasteiger partial charge on any atom is 0.0565 e. The second-order valence-corrected chi connectivity index (χ2v) is 12.6. The Kier molecular flexibility index (Phi) is 9.65. The van der Waals surface area contributed by atoms with Crippen LogP contribution in [0.5, 0.6) is 0 Å². The number of nitrogens with zero attached hydrogens (tertiary/aromatic N) is 2. The standard InChI is InChI=1S/C20H16AsClFNO5.C8H7N3/c1-13(25)24-28-21(26,29-27)18-10-16(14-5-3-2-4-6-14)9-17(11-18)15-7-8-20(23)19(22)12-15;1-3-9-4-2-7(1)8-5-10-11-6-8/h2-12,27H,1H3,(H,24,25);1-6H,(H,10,11). The minimum Gasteiger partial charge on any atom is -0.285 e. The van der Waals surface area contributed by atoms with Crippen LogP contribution in [0.25, 0.3) is 33.4 Å². The number of aromatic amines is 1. The fourth-order valence-corrected chi connectivity index (χ4v) is 6.04. The number of pyridine rings is 1. The van der Waals surface area contributed by atoms with Crippen LogP contribution in [0, 0.1) is 5.82 Å². The van der Waals surface area contributed by atoms with E-state index in [-0.39, 0.29) is 9.37 Å². The van der Waals surface area contributed by atoms with Crippen molar-refractivity contribution in [1.29, 1.82) is 0 Å². The minimum atomic E-state index is -5.06. The van der Waals surface area contributed by atoms with E-state index in [9.17, 15) is 18.2 Å². The van der Waals surface area contributed by atoms with Gasteiger partial charge in [0, 0.05) is 24.2 Å².